The lowest BCUT2D eigenvalue weighted by atomic mass is 9.83. The molecule has 1 saturated heterocycles. The van der Waals surface area contributed by atoms with Crippen molar-refractivity contribution in [3.8, 4) is 11.5 Å². The Hall–Kier alpha value is -1.79. The van der Waals surface area contributed by atoms with Crippen molar-refractivity contribution in [3.63, 3.8) is 0 Å². The van der Waals surface area contributed by atoms with Crippen LogP contribution in [0.15, 0.2) is 39.6 Å². The van der Waals surface area contributed by atoms with E-state index in [9.17, 15) is 9.90 Å². The number of ether oxygens (including phenoxy) is 1. The SMILES string of the molecule is COc1cc(CN2C[C@H]3C[C@H](C2)c2cccc(=O)n2C3)cc(Br)c1O. The van der Waals surface area contributed by atoms with E-state index in [1.807, 2.05) is 22.8 Å². The summed E-state index contributed by atoms with van der Waals surface area (Å²) in [6.45, 7) is 3.54. The Labute approximate surface area is 155 Å². The van der Waals surface area contributed by atoms with Crippen LogP contribution in [0.4, 0.5) is 0 Å². The Morgan fingerprint density at radius 1 is 1.28 bits per heavy atom. The van der Waals surface area contributed by atoms with Gasteiger partial charge in [-0.05, 0) is 52.0 Å². The number of hydrogen-bond donors (Lipinski definition) is 1. The van der Waals surface area contributed by atoms with Crippen molar-refractivity contribution in [3.05, 3.63) is 56.4 Å². The zero-order chi connectivity index (χ0) is 17.6. The Balaban J connectivity index is 1.57. The molecule has 2 aliphatic rings. The molecule has 2 atom stereocenters. The average Bonchev–Trinajstić information content (AvgIpc) is 2.59. The fraction of sp³-hybridized carbons (Fsp3) is 0.421. The van der Waals surface area contributed by atoms with E-state index in [-0.39, 0.29) is 11.3 Å². The lowest BCUT2D eigenvalue weighted by Gasteiger charge is -2.42. The molecular weight excluding hydrogens is 384 g/mol. The Kier molecular flexibility index (Phi) is 4.33. The van der Waals surface area contributed by atoms with Gasteiger partial charge in [0.15, 0.2) is 11.5 Å². The van der Waals surface area contributed by atoms with Crippen LogP contribution in [0.2, 0.25) is 0 Å². The highest BCUT2D eigenvalue weighted by Gasteiger charge is 2.34. The molecule has 25 heavy (non-hydrogen) atoms. The molecule has 0 saturated carbocycles. The van der Waals surface area contributed by atoms with Crippen LogP contribution in [-0.4, -0.2) is 34.8 Å². The van der Waals surface area contributed by atoms with Gasteiger partial charge in [0.05, 0.1) is 11.6 Å². The van der Waals surface area contributed by atoms with Crippen molar-refractivity contribution in [1.82, 2.24) is 9.47 Å². The molecule has 0 amide bonds. The molecule has 6 heteroatoms. The van der Waals surface area contributed by atoms with Gasteiger partial charge in [-0.25, -0.2) is 0 Å². The molecule has 0 spiro atoms. The van der Waals surface area contributed by atoms with E-state index in [1.165, 1.54) is 0 Å². The maximum absolute atomic E-state index is 12.1. The summed E-state index contributed by atoms with van der Waals surface area (Å²) < 4.78 is 7.86. The molecule has 3 heterocycles. The fourth-order valence-electron chi connectivity index (χ4n) is 4.26. The van der Waals surface area contributed by atoms with Crippen molar-refractivity contribution < 1.29 is 9.84 Å². The van der Waals surface area contributed by atoms with E-state index in [4.69, 9.17) is 4.74 Å². The molecule has 5 nitrogen and oxygen atoms in total. The van der Waals surface area contributed by atoms with E-state index in [2.05, 4.69) is 26.9 Å². The van der Waals surface area contributed by atoms with Crippen molar-refractivity contribution in [2.45, 2.75) is 25.4 Å². The molecule has 1 N–H and O–H groups in total. The highest BCUT2D eigenvalue weighted by molar-refractivity contribution is 9.10. The number of hydrogen-bond acceptors (Lipinski definition) is 4. The molecule has 132 valence electrons. The number of phenols is 1. The minimum Gasteiger partial charge on any atom is -0.503 e. The van der Waals surface area contributed by atoms with Crippen LogP contribution in [-0.2, 0) is 13.1 Å². The van der Waals surface area contributed by atoms with E-state index in [1.54, 1.807) is 13.2 Å². The van der Waals surface area contributed by atoms with Gasteiger partial charge in [-0.15, -0.1) is 0 Å². The summed E-state index contributed by atoms with van der Waals surface area (Å²) in [5, 5.41) is 9.98. The number of methoxy groups -OCH3 is 1. The lowest BCUT2D eigenvalue weighted by Crippen LogP contribution is -2.46. The summed E-state index contributed by atoms with van der Waals surface area (Å²) in [5.74, 6) is 1.53. The van der Waals surface area contributed by atoms with Crippen LogP contribution >= 0.6 is 15.9 Å². The number of pyridine rings is 1. The molecule has 2 aliphatic heterocycles. The largest absolute Gasteiger partial charge is 0.503 e. The smallest absolute Gasteiger partial charge is 0.250 e. The van der Waals surface area contributed by atoms with Crippen molar-refractivity contribution in [1.29, 1.82) is 0 Å². The second-order valence-electron chi connectivity index (χ2n) is 7.02. The van der Waals surface area contributed by atoms with Gasteiger partial charge in [-0.3, -0.25) is 9.69 Å². The third-order valence-corrected chi connectivity index (χ3v) is 5.87. The van der Waals surface area contributed by atoms with Gasteiger partial charge in [0.25, 0.3) is 5.56 Å². The summed E-state index contributed by atoms with van der Waals surface area (Å²) in [4.78, 5) is 14.6. The van der Waals surface area contributed by atoms with Crippen LogP contribution in [0.5, 0.6) is 11.5 Å². The number of piperidine rings is 1. The molecule has 1 fully saturated rings. The maximum Gasteiger partial charge on any atom is 0.250 e. The molecule has 4 rings (SSSR count). The number of phenolic OH excluding ortho intramolecular Hbond substituents is 1. The van der Waals surface area contributed by atoms with E-state index in [0.29, 0.717) is 22.1 Å². The lowest BCUT2D eigenvalue weighted by molar-refractivity contribution is 0.114. The zero-order valence-corrected chi connectivity index (χ0v) is 15.7. The molecule has 0 unspecified atom stereocenters. The Morgan fingerprint density at radius 2 is 2.12 bits per heavy atom. The highest BCUT2D eigenvalue weighted by atomic mass is 79.9. The van der Waals surface area contributed by atoms with E-state index in [0.717, 1.165) is 43.9 Å². The minimum atomic E-state index is 0.118. The normalized spacial score (nSPS) is 22.5. The van der Waals surface area contributed by atoms with Gasteiger partial charge in [-0.2, -0.15) is 0 Å². The van der Waals surface area contributed by atoms with E-state index >= 15 is 0 Å². The third kappa shape index (κ3) is 3.09. The second-order valence-corrected chi connectivity index (χ2v) is 7.88. The molecule has 2 aromatic rings. The van der Waals surface area contributed by atoms with Gasteiger partial charge < -0.3 is 14.4 Å². The first kappa shape index (κ1) is 16.7. The number of halogens is 1. The molecule has 0 radical (unpaired) electrons. The van der Waals surface area contributed by atoms with Crippen LogP contribution in [0.3, 0.4) is 0 Å². The summed E-state index contributed by atoms with van der Waals surface area (Å²) in [5.41, 5.74) is 2.39. The average molecular weight is 405 g/mol. The quantitative estimate of drug-likeness (QED) is 0.854. The van der Waals surface area contributed by atoms with Gasteiger partial charge >= 0.3 is 0 Å². The molecule has 1 aromatic heterocycles. The summed E-state index contributed by atoms with van der Waals surface area (Å²) in [6.07, 6.45) is 1.16. The molecule has 0 aliphatic carbocycles. The number of rotatable bonds is 3. The zero-order valence-electron chi connectivity index (χ0n) is 14.1. The van der Waals surface area contributed by atoms with Gasteiger partial charge in [0, 0.05) is 43.9 Å². The van der Waals surface area contributed by atoms with Crippen LogP contribution in [0.1, 0.15) is 23.6 Å². The van der Waals surface area contributed by atoms with Crippen molar-refractivity contribution >= 4 is 15.9 Å². The number of aromatic nitrogens is 1. The molecular formula is C19H21BrN2O3. The van der Waals surface area contributed by atoms with Crippen LogP contribution in [0, 0.1) is 5.92 Å². The first-order valence-electron chi connectivity index (χ1n) is 8.52. The summed E-state index contributed by atoms with van der Waals surface area (Å²) in [7, 11) is 1.56. The second kappa shape index (κ2) is 6.50. The monoisotopic (exact) mass is 404 g/mol. The molecule has 1 aromatic carbocycles. The fourth-order valence-corrected chi connectivity index (χ4v) is 4.75. The van der Waals surface area contributed by atoms with Gasteiger partial charge in [-0.1, -0.05) is 6.07 Å². The van der Waals surface area contributed by atoms with Crippen LogP contribution in [0.25, 0.3) is 0 Å². The number of nitrogens with zero attached hydrogens (tertiary/aromatic N) is 2. The van der Waals surface area contributed by atoms with Crippen molar-refractivity contribution in [2.75, 3.05) is 20.2 Å². The van der Waals surface area contributed by atoms with Crippen LogP contribution < -0.4 is 10.3 Å². The first-order chi connectivity index (χ1) is 12.0. The number of likely N-dealkylation sites (tertiary alicyclic amines) is 1. The predicted octanol–water partition coefficient (Wildman–Crippen LogP) is 2.94. The number of benzene rings is 1. The van der Waals surface area contributed by atoms with Gasteiger partial charge in [0.2, 0.25) is 0 Å². The summed E-state index contributed by atoms with van der Waals surface area (Å²) in [6, 6.07) is 9.45. The van der Waals surface area contributed by atoms with Crippen molar-refractivity contribution in [2.24, 2.45) is 5.92 Å². The van der Waals surface area contributed by atoms with Gasteiger partial charge in [0.1, 0.15) is 0 Å². The minimum absolute atomic E-state index is 0.118. The standard InChI is InChI=1S/C19H21BrN2O3/c1-25-17-7-12(6-15(20)19(17)24)8-21-9-13-5-14(11-21)16-3-2-4-18(23)22(16)10-13/h2-4,6-7,13-14,24H,5,8-11H2,1H3/t13-,14-/m1/s1. The molecule has 2 bridgehead atoms. The summed E-state index contributed by atoms with van der Waals surface area (Å²) >= 11 is 3.39. The Morgan fingerprint density at radius 3 is 2.92 bits per heavy atom. The predicted molar refractivity (Wildman–Crippen MR) is 99.2 cm³/mol. The number of fused-ring (bicyclic) bond motifs is 4. The number of aromatic hydroxyl groups is 1. The highest BCUT2D eigenvalue weighted by Crippen LogP contribution is 2.38. The maximum atomic E-state index is 12.1. The van der Waals surface area contributed by atoms with E-state index < -0.39 is 0 Å². The topological polar surface area (TPSA) is 54.7 Å². The Bertz CT molecular complexity index is 864. The first-order valence-corrected chi connectivity index (χ1v) is 9.32. The third-order valence-electron chi connectivity index (χ3n) is 5.27.